The van der Waals surface area contributed by atoms with E-state index in [1.807, 2.05) is 11.0 Å². The normalized spacial score (nSPS) is 23.6. The number of anilines is 1. The Kier molecular flexibility index (Phi) is 5.00. The minimum Gasteiger partial charge on any atom is -0.391 e. The van der Waals surface area contributed by atoms with Crippen LogP contribution in [-0.2, 0) is 22.9 Å². The van der Waals surface area contributed by atoms with Crippen LogP contribution in [0.3, 0.4) is 0 Å². The van der Waals surface area contributed by atoms with Gasteiger partial charge >= 0.3 is 0 Å². The summed E-state index contributed by atoms with van der Waals surface area (Å²) < 4.78 is 25.4. The van der Waals surface area contributed by atoms with Crippen molar-refractivity contribution in [3.05, 3.63) is 22.9 Å². The SMILES string of the molecule is CN(C)S(=O)(=O)C[C@@H]1CN(c2nc3c(cc2C#N)CCCC3)C[C@H]1O. The molecule has 1 N–H and O–H groups in total. The highest BCUT2D eigenvalue weighted by atomic mass is 32.2. The lowest BCUT2D eigenvalue weighted by Gasteiger charge is -2.23. The molecule has 1 saturated heterocycles. The second-order valence-electron chi connectivity index (χ2n) is 7.08. The fourth-order valence-electron chi connectivity index (χ4n) is 3.56. The minimum atomic E-state index is -3.39. The second kappa shape index (κ2) is 6.90. The average molecular weight is 364 g/mol. The molecule has 1 fully saturated rings. The highest BCUT2D eigenvalue weighted by Gasteiger charge is 2.37. The van der Waals surface area contributed by atoms with Crippen molar-refractivity contribution >= 4 is 15.8 Å². The zero-order valence-electron chi connectivity index (χ0n) is 14.6. The van der Waals surface area contributed by atoms with Crippen molar-refractivity contribution in [3.63, 3.8) is 0 Å². The molecule has 0 radical (unpaired) electrons. The van der Waals surface area contributed by atoms with Crippen molar-refractivity contribution in [2.45, 2.75) is 31.8 Å². The highest BCUT2D eigenvalue weighted by molar-refractivity contribution is 7.89. The predicted octanol–water partition coefficient (Wildman–Crippen LogP) is 0.521. The Balaban J connectivity index is 1.85. The van der Waals surface area contributed by atoms with Crippen molar-refractivity contribution in [1.29, 1.82) is 5.26 Å². The maximum absolute atomic E-state index is 12.1. The zero-order chi connectivity index (χ0) is 18.2. The number of rotatable bonds is 4. The Morgan fingerprint density at radius 2 is 2.08 bits per heavy atom. The van der Waals surface area contributed by atoms with Crippen LogP contribution in [0.1, 0.15) is 29.7 Å². The number of hydrogen-bond donors (Lipinski definition) is 1. The molecule has 136 valence electrons. The van der Waals surface area contributed by atoms with Gasteiger partial charge in [-0.05, 0) is 37.3 Å². The number of aliphatic hydroxyl groups excluding tert-OH is 1. The molecule has 0 unspecified atom stereocenters. The van der Waals surface area contributed by atoms with Crippen LogP contribution in [0, 0.1) is 17.2 Å². The Labute approximate surface area is 148 Å². The van der Waals surface area contributed by atoms with Crippen LogP contribution in [-0.4, -0.2) is 61.9 Å². The summed E-state index contributed by atoms with van der Waals surface area (Å²) in [5.41, 5.74) is 2.67. The van der Waals surface area contributed by atoms with E-state index in [2.05, 4.69) is 6.07 Å². The largest absolute Gasteiger partial charge is 0.391 e. The van der Waals surface area contributed by atoms with Gasteiger partial charge in [0.05, 0.1) is 17.4 Å². The third kappa shape index (κ3) is 3.64. The summed E-state index contributed by atoms with van der Waals surface area (Å²) in [5, 5.41) is 19.8. The molecule has 7 nitrogen and oxygen atoms in total. The molecular weight excluding hydrogens is 340 g/mol. The monoisotopic (exact) mass is 364 g/mol. The number of aromatic nitrogens is 1. The zero-order valence-corrected chi connectivity index (χ0v) is 15.5. The molecule has 2 heterocycles. The van der Waals surface area contributed by atoms with Crippen LogP contribution in [0.25, 0.3) is 0 Å². The van der Waals surface area contributed by atoms with Crippen molar-refractivity contribution in [3.8, 4) is 6.07 Å². The Morgan fingerprint density at radius 1 is 1.36 bits per heavy atom. The number of hydrogen-bond acceptors (Lipinski definition) is 6. The highest BCUT2D eigenvalue weighted by Crippen LogP contribution is 2.30. The molecule has 1 aliphatic heterocycles. The van der Waals surface area contributed by atoms with Gasteiger partial charge in [-0.3, -0.25) is 0 Å². The molecule has 2 atom stereocenters. The Morgan fingerprint density at radius 3 is 2.76 bits per heavy atom. The fraction of sp³-hybridized carbons (Fsp3) is 0.647. The summed E-state index contributed by atoms with van der Waals surface area (Å²) in [6.07, 6.45) is 3.31. The molecule has 0 amide bonds. The van der Waals surface area contributed by atoms with Gasteiger partial charge in [0.1, 0.15) is 11.9 Å². The van der Waals surface area contributed by atoms with Crippen molar-refractivity contribution in [1.82, 2.24) is 9.29 Å². The molecule has 2 aliphatic rings. The number of β-amino-alcohol motifs (C(OH)–C–C–N with tert-alkyl or cyclic N) is 1. The molecule has 1 aromatic heterocycles. The lowest BCUT2D eigenvalue weighted by atomic mass is 9.95. The van der Waals surface area contributed by atoms with E-state index >= 15 is 0 Å². The lowest BCUT2D eigenvalue weighted by Crippen LogP contribution is -2.33. The Bertz CT molecular complexity index is 801. The molecule has 3 rings (SSSR count). The van der Waals surface area contributed by atoms with E-state index in [0.717, 1.165) is 36.9 Å². The van der Waals surface area contributed by atoms with E-state index < -0.39 is 22.0 Å². The number of nitriles is 1. The standard InChI is InChI=1S/C17H24N4O3S/c1-20(2)25(23,24)11-14-9-21(10-16(14)22)17-13(8-18)7-12-5-3-4-6-15(12)19-17/h7,14,16,22H,3-6,9-11H2,1-2H3/t14-,16+/m0/s1. The topological polar surface area (TPSA) is 97.5 Å². The first-order valence-corrected chi connectivity index (χ1v) is 10.2. The van der Waals surface area contributed by atoms with Gasteiger partial charge in [0.25, 0.3) is 0 Å². The summed E-state index contributed by atoms with van der Waals surface area (Å²) in [7, 11) is -0.402. The number of aryl methyl sites for hydroxylation is 2. The van der Waals surface area contributed by atoms with Gasteiger partial charge in [0.15, 0.2) is 0 Å². The third-order valence-electron chi connectivity index (χ3n) is 5.09. The summed E-state index contributed by atoms with van der Waals surface area (Å²) in [6, 6.07) is 4.12. The molecular formula is C17H24N4O3S. The van der Waals surface area contributed by atoms with Gasteiger partial charge in [-0.2, -0.15) is 5.26 Å². The van der Waals surface area contributed by atoms with Crippen LogP contribution < -0.4 is 4.90 Å². The smallest absolute Gasteiger partial charge is 0.214 e. The summed E-state index contributed by atoms with van der Waals surface area (Å²) in [5.74, 6) is 0.0774. The van der Waals surface area contributed by atoms with Gasteiger partial charge in [-0.15, -0.1) is 0 Å². The maximum Gasteiger partial charge on any atom is 0.214 e. The second-order valence-corrected chi connectivity index (χ2v) is 9.31. The Hall–Kier alpha value is -1.69. The van der Waals surface area contributed by atoms with Crippen molar-refractivity contribution in [2.75, 3.05) is 37.8 Å². The molecule has 0 spiro atoms. The summed E-state index contributed by atoms with van der Waals surface area (Å²) in [4.78, 5) is 6.55. The number of fused-ring (bicyclic) bond motifs is 1. The number of pyridine rings is 1. The first-order chi connectivity index (χ1) is 11.8. The number of aliphatic hydroxyl groups is 1. The van der Waals surface area contributed by atoms with Gasteiger partial charge in [-0.25, -0.2) is 17.7 Å². The maximum atomic E-state index is 12.1. The van der Waals surface area contributed by atoms with E-state index in [1.165, 1.54) is 18.4 Å². The molecule has 0 bridgehead atoms. The van der Waals surface area contributed by atoms with Crippen LogP contribution in [0.4, 0.5) is 5.82 Å². The van der Waals surface area contributed by atoms with Gasteiger partial charge < -0.3 is 10.0 Å². The van der Waals surface area contributed by atoms with Gasteiger partial charge in [0.2, 0.25) is 10.0 Å². The molecule has 25 heavy (non-hydrogen) atoms. The van der Waals surface area contributed by atoms with Crippen molar-refractivity contribution in [2.24, 2.45) is 5.92 Å². The van der Waals surface area contributed by atoms with Crippen LogP contribution in [0.5, 0.6) is 0 Å². The van der Waals surface area contributed by atoms with E-state index in [9.17, 15) is 18.8 Å². The molecule has 0 saturated carbocycles. The van der Waals surface area contributed by atoms with Crippen LogP contribution >= 0.6 is 0 Å². The summed E-state index contributed by atoms with van der Waals surface area (Å²) in [6.45, 7) is 0.683. The lowest BCUT2D eigenvalue weighted by molar-refractivity contribution is 0.157. The molecule has 0 aromatic carbocycles. The van der Waals surface area contributed by atoms with Crippen molar-refractivity contribution < 1.29 is 13.5 Å². The fourth-order valence-corrected chi connectivity index (χ4v) is 4.72. The quantitative estimate of drug-likeness (QED) is 0.836. The van der Waals surface area contributed by atoms with Crippen LogP contribution in [0.15, 0.2) is 6.07 Å². The van der Waals surface area contributed by atoms with Crippen LogP contribution in [0.2, 0.25) is 0 Å². The van der Waals surface area contributed by atoms with Gasteiger partial charge in [-0.1, -0.05) is 0 Å². The first-order valence-electron chi connectivity index (χ1n) is 8.58. The molecule has 8 heteroatoms. The number of sulfonamides is 1. The first kappa shape index (κ1) is 18.1. The number of nitrogens with zero attached hydrogens (tertiary/aromatic N) is 4. The summed E-state index contributed by atoms with van der Waals surface area (Å²) >= 11 is 0. The third-order valence-corrected chi connectivity index (χ3v) is 7.05. The molecule has 1 aliphatic carbocycles. The molecule has 1 aromatic rings. The van der Waals surface area contributed by atoms with E-state index in [4.69, 9.17) is 4.98 Å². The van der Waals surface area contributed by atoms with E-state index in [0.29, 0.717) is 24.5 Å². The van der Waals surface area contributed by atoms with Gasteiger partial charge in [0, 0.05) is 38.8 Å². The van der Waals surface area contributed by atoms with E-state index in [-0.39, 0.29) is 5.75 Å². The average Bonchev–Trinajstić information content (AvgIpc) is 2.93. The predicted molar refractivity (Wildman–Crippen MR) is 94.8 cm³/mol. The minimum absolute atomic E-state index is 0.107. The van der Waals surface area contributed by atoms with E-state index in [1.54, 1.807) is 0 Å².